The molecular weight excluding hydrogens is 380 g/mol. The Bertz CT molecular complexity index is 893. The Hall–Kier alpha value is -2.41. The first kappa shape index (κ1) is 20.8. The van der Waals surface area contributed by atoms with E-state index < -0.39 is 5.60 Å². The first-order valence-corrected chi connectivity index (χ1v) is 10.5. The summed E-state index contributed by atoms with van der Waals surface area (Å²) in [6.45, 7) is 6.60. The molecule has 0 aromatic heterocycles. The molecule has 0 saturated carbocycles. The molecular formula is C24H30N2O4. The van der Waals surface area contributed by atoms with E-state index in [4.69, 9.17) is 9.47 Å². The molecule has 2 saturated heterocycles. The average Bonchev–Trinajstić information content (AvgIpc) is 3.16. The lowest BCUT2D eigenvalue weighted by Crippen LogP contribution is -2.49. The van der Waals surface area contributed by atoms with Crippen LogP contribution in [0.3, 0.4) is 0 Å². The van der Waals surface area contributed by atoms with Crippen molar-refractivity contribution in [3.8, 4) is 16.9 Å². The molecule has 6 nitrogen and oxygen atoms in total. The van der Waals surface area contributed by atoms with E-state index in [1.165, 1.54) is 0 Å². The van der Waals surface area contributed by atoms with E-state index in [9.17, 15) is 9.90 Å². The molecule has 1 N–H and O–H groups in total. The van der Waals surface area contributed by atoms with Gasteiger partial charge in [-0.3, -0.25) is 9.69 Å². The van der Waals surface area contributed by atoms with Gasteiger partial charge in [-0.25, -0.2) is 0 Å². The van der Waals surface area contributed by atoms with Crippen LogP contribution < -0.4 is 4.74 Å². The van der Waals surface area contributed by atoms with Gasteiger partial charge < -0.3 is 19.5 Å². The number of likely N-dealkylation sites (tertiary alicyclic amines) is 1. The second-order valence-electron chi connectivity index (χ2n) is 8.30. The van der Waals surface area contributed by atoms with Crippen LogP contribution in [0.4, 0.5) is 0 Å². The van der Waals surface area contributed by atoms with Gasteiger partial charge in [0.15, 0.2) is 0 Å². The zero-order chi connectivity index (χ0) is 21.1. The second kappa shape index (κ2) is 8.76. The number of hydrogen-bond acceptors (Lipinski definition) is 5. The predicted molar refractivity (Wildman–Crippen MR) is 116 cm³/mol. The lowest BCUT2D eigenvalue weighted by atomic mass is 9.95. The molecule has 6 heteroatoms. The third-order valence-electron chi connectivity index (χ3n) is 6.21. The minimum Gasteiger partial charge on any atom is -0.497 e. The number of rotatable bonds is 5. The summed E-state index contributed by atoms with van der Waals surface area (Å²) < 4.78 is 10.6. The van der Waals surface area contributed by atoms with Gasteiger partial charge in [-0.05, 0) is 48.2 Å². The van der Waals surface area contributed by atoms with E-state index in [0.29, 0.717) is 44.8 Å². The second-order valence-corrected chi connectivity index (χ2v) is 8.30. The van der Waals surface area contributed by atoms with Crippen molar-refractivity contribution in [2.24, 2.45) is 0 Å². The van der Waals surface area contributed by atoms with Gasteiger partial charge in [0.1, 0.15) is 5.75 Å². The van der Waals surface area contributed by atoms with Gasteiger partial charge in [0.05, 0.1) is 32.5 Å². The quantitative estimate of drug-likeness (QED) is 0.821. The van der Waals surface area contributed by atoms with Crippen LogP contribution >= 0.6 is 0 Å². The summed E-state index contributed by atoms with van der Waals surface area (Å²) in [5, 5.41) is 11.1. The highest BCUT2D eigenvalue weighted by molar-refractivity contribution is 5.97. The van der Waals surface area contributed by atoms with Crippen molar-refractivity contribution in [2.75, 3.05) is 53.0 Å². The molecule has 2 aliphatic heterocycles. The summed E-state index contributed by atoms with van der Waals surface area (Å²) >= 11 is 0. The number of amides is 1. The Balaban J connectivity index is 1.49. The third kappa shape index (κ3) is 4.36. The number of carbonyl (C=O) groups is 1. The van der Waals surface area contributed by atoms with E-state index in [1.54, 1.807) is 12.0 Å². The Morgan fingerprint density at radius 2 is 1.87 bits per heavy atom. The number of ether oxygens (including phenoxy) is 2. The van der Waals surface area contributed by atoms with Crippen LogP contribution in [0, 0.1) is 6.92 Å². The van der Waals surface area contributed by atoms with Crippen LogP contribution in [0.5, 0.6) is 5.75 Å². The fourth-order valence-corrected chi connectivity index (χ4v) is 4.46. The van der Waals surface area contributed by atoms with Gasteiger partial charge in [-0.2, -0.15) is 0 Å². The number of aliphatic hydroxyl groups is 1. The lowest BCUT2D eigenvalue weighted by molar-refractivity contribution is -0.0257. The summed E-state index contributed by atoms with van der Waals surface area (Å²) in [7, 11) is 1.65. The molecule has 2 fully saturated rings. The fraction of sp³-hybridized carbons (Fsp3) is 0.458. The molecule has 1 atom stereocenters. The largest absolute Gasteiger partial charge is 0.497 e. The average molecular weight is 411 g/mol. The summed E-state index contributed by atoms with van der Waals surface area (Å²) in [6, 6.07) is 13.7. The maximum absolute atomic E-state index is 13.3. The number of carbonyl (C=O) groups excluding carboxylic acids is 1. The molecule has 0 bridgehead atoms. The summed E-state index contributed by atoms with van der Waals surface area (Å²) in [5.41, 5.74) is 2.88. The van der Waals surface area contributed by atoms with Crippen LogP contribution in [-0.4, -0.2) is 79.5 Å². The Labute approximate surface area is 178 Å². The van der Waals surface area contributed by atoms with Crippen molar-refractivity contribution in [3.63, 3.8) is 0 Å². The molecule has 0 spiro atoms. The molecule has 30 heavy (non-hydrogen) atoms. The number of nitrogens with zero attached hydrogens (tertiary/aromatic N) is 2. The molecule has 2 heterocycles. The maximum atomic E-state index is 13.3. The highest BCUT2D eigenvalue weighted by Gasteiger charge is 2.40. The van der Waals surface area contributed by atoms with Crippen molar-refractivity contribution < 1.29 is 19.4 Å². The first-order chi connectivity index (χ1) is 14.5. The molecule has 1 amide bonds. The Kier molecular flexibility index (Phi) is 6.09. The number of methoxy groups -OCH3 is 1. The van der Waals surface area contributed by atoms with Crippen LogP contribution in [0.1, 0.15) is 22.3 Å². The number of hydrogen-bond donors (Lipinski definition) is 1. The van der Waals surface area contributed by atoms with Gasteiger partial charge >= 0.3 is 0 Å². The first-order valence-electron chi connectivity index (χ1n) is 10.5. The molecule has 2 aliphatic rings. The SMILES string of the molecule is COc1ccc(-c2cccc(C(=O)N3CC[C@@](O)(CN4CCOCC4)C3)c2C)cc1. The van der Waals surface area contributed by atoms with Crippen LogP contribution in [0.25, 0.3) is 11.1 Å². The van der Waals surface area contributed by atoms with Crippen molar-refractivity contribution in [1.82, 2.24) is 9.80 Å². The summed E-state index contributed by atoms with van der Waals surface area (Å²) in [5.74, 6) is 0.793. The van der Waals surface area contributed by atoms with Crippen LogP contribution in [0.15, 0.2) is 42.5 Å². The number of β-amino-alcohol motifs (C(OH)–C–C–N with tert-alkyl or cyclic N) is 1. The third-order valence-corrected chi connectivity index (χ3v) is 6.21. The number of morpholine rings is 1. The van der Waals surface area contributed by atoms with Crippen molar-refractivity contribution in [3.05, 3.63) is 53.6 Å². The normalized spacial score (nSPS) is 22.3. The predicted octanol–water partition coefficient (Wildman–Crippen LogP) is 2.58. The van der Waals surface area contributed by atoms with E-state index in [1.807, 2.05) is 49.4 Å². The lowest BCUT2D eigenvalue weighted by Gasteiger charge is -2.33. The Morgan fingerprint density at radius 1 is 1.13 bits per heavy atom. The van der Waals surface area contributed by atoms with Crippen molar-refractivity contribution in [2.45, 2.75) is 18.9 Å². The monoisotopic (exact) mass is 410 g/mol. The highest BCUT2D eigenvalue weighted by Crippen LogP contribution is 2.30. The van der Waals surface area contributed by atoms with E-state index >= 15 is 0 Å². The highest BCUT2D eigenvalue weighted by atomic mass is 16.5. The molecule has 4 rings (SSSR count). The zero-order valence-corrected chi connectivity index (χ0v) is 17.8. The van der Waals surface area contributed by atoms with Gasteiger partial charge in [-0.1, -0.05) is 24.3 Å². The fourth-order valence-electron chi connectivity index (χ4n) is 4.46. The number of benzene rings is 2. The molecule has 2 aromatic rings. The van der Waals surface area contributed by atoms with Crippen molar-refractivity contribution in [1.29, 1.82) is 0 Å². The van der Waals surface area contributed by atoms with Crippen LogP contribution in [-0.2, 0) is 4.74 Å². The van der Waals surface area contributed by atoms with Crippen molar-refractivity contribution >= 4 is 5.91 Å². The van der Waals surface area contributed by atoms with Gasteiger partial charge in [-0.15, -0.1) is 0 Å². The topological polar surface area (TPSA) is 62.2 Å². The Morgan fingerprint density at radius 3 is 2.57 bits per heavy atom. The molecule has 0 aliphatic carbocycles. The molecule has 2 aromatic carbocycles. The van der Waals surface area contributed by atoms with Crippen LogP contribution in [0.2, 0.25) is 0 Å². The summed E-state index contributed by atoms with van der Waals surface area (Å²) in [4.78, 5) is 17.3. The van der Waals surface area contributed by atoms with Gasteiger partial charge in [0.2, 0.25) is 0 Å². The zero-order valence-electron chi connectivity index (χ0n) is 17.8. The maximum Gasteiger partial charge on any atom is 0.254 e. The molecule has 0 radical (unpaired) electrons. The van der Waals surface area contributed by atoms with Gasteiger partial charge in [0.25, 0.3) is 5.91 Å². The summed E-state index contributed by atoms with van der Waals surface area (Å²) in [6.07, 6.45) is 0.604. The minimum atomic E-state index is -0.853. The van der Waals surface area contributed by atoms with E-state index in [-0.39, 0.29) is 5.91 Å². The standard InChI is InChI=1S/C24H30N2O4/c1-18-21(19-6-8-20(29-2)9-7-19)4-3-5-22(18)23(27)26-11-10-24(28,17-26)16-25-12-14-30-15-13-25/h3-9,28H,10-17H2,1-2H3/t24-/m1/s1. The van der Waals surface area contributed by atoms with Gasteiger partial charge in [0, 0.05) is 31.7 Å². The smallest absolute Gasteiger partial charge is 0.254 e. The van der Waals surface area contributed by atoms with E-state index in [2.05, 4.69) is 4.90 Å². The minimum absolute atomic E-state index is 0.0132. The molecule has 160 valence electrons. The molecule has 0 unspecified atom stereocenters. The van der Waals surface area contributed by atoms with E-state index in [0.717, 1.165) is 35.5 Å².